The molecule has 0 aliphatic heterocycles. The van der Waals surface area contributed by atoms with Gasteiger partial charge in [0.2, 0.25) is 0 Å². The van der Waals surface area contributed by atoms with Crippen molar-refractivity contribution in [2.45, 2.75) is 26.0 Å². The number of anilines is 1. The van der Waals surface area contributed by atoms with Crippen LogP contribution in [0.2, 0.25) is 0 Å². The number of nitro groups is 1. The summed E-state index contributed by atoms with van der Waals surface area (Å²) in [6.07, 6.45) is 1.19. The Bertz CT molecular complexity index is 410. The van der Waals surface area contributed by atoms with Gasteiger partial charge in [0.05, 0.1) is 4.92 Å². The first-order chi connectivity index (χ1) is 8.58. The normalized spacial score (nSPS) is 12.2. The fraction of sp³-hybridized carbons (Fsp3) is 0.538. The molecule has 0 radical (unpaired) electrons. The summed E-state index contributed by atoms with van der Waals surface area (Å²) < 4.78 is 0. The van der Waals surface area contributed by atoms with Crippen LogP contribution in [0, 0.1) is 16.0 Å². The van der Waals surface area contributed by atoms with E-state index in [1.165, 1.54) is 6.42 Å². The van der Waals surface area contributed by atoms with Crippen molar-refractivity contribution in [3.63, 3.8) is 0 Å². The Balaban J connectivity index is 2.65. The van der Waals surface area contributed by atoms with E-state index in [2.05, 4.69) is 19.2 Å². The largest absolute Gasteiger partial charge is 0.383 e. The number of nitro benzene ring substituents is 1. The van der Waals surface area contributed by atoms with Crippen LogP contribution in [0.25, 0.3) is 0 Å². The van der Waals surface area contributed by atoms with Gasteiger partial charge in [-0.2, -0.15) is 11.8 Å². The molecule has 1 N–H and O–H groups in total. The number of thioether (sulfide) groups is 1. The zero-order valence-electron chi connectivity index (χ0n) is 11.1. The number of benzene rings is 1. The first-order valence-electron chi connectivity index (χ1n) is 6.11. The van der Waals surface area contributed by atoms with E-state index in [0.29, 0.717) is 5.69 Å². The van der Waals surface area contributed by atoms with Crippen LogP contribution in [0.1, 0.15) is 25.8 Å². The molecule has 1 atom stereocenters. The number of hydrogen-bond donors (Lipinski definition) is 1. The maximum atomic E-state index is 10.8. The van der Waals surface area contributed by atoms with E-state index in [0.717, 1.165) is 23.0 Å². The Morgan fingerprint density at radius 3 is 2.78 bits per heavy atom. The molecule has 18 heavy (non-hydrogen) atoms. The maximum absolute atomic E-state index is 10.8. The van der Waals surface area contributed by atoms with Gasteiger partial charge in [0.1, 0.15) is 5.69 Å². The molecule has 1 aromatic rings. The van der Waals surface area contributed by atoms with E-state index in [9.17, 15) is 10.1 Å². The lowest BCUT2D eigenvalue weighted by Gasteiger charge is -2.09. The summed E-state index contributed by atoms with van der Waals surface area (Å²) in [4.78, 5) is 10.4. The molecule has 1 rings (SSSR count). The summed E-state index contributed by atoms with van der Waals surface area (Å²) >= 11 is 1.87. The van der Waals surface area contributed by atoms with Gasteiger partial charge in [0.15, 0.2) is 0 Å². The van der Waals surface area contributed by atoms with E-state index < -0.39 is 0 Å². The molecule has 0 heterocycles. The Kier molecular flexibility index (Phi) is 5.98. The Morgan fingerprint density at radius 2 is 2.22 bits per heavy atom. The maximum Gasteiger partial charge on any atom is 0.292 e. The van der Waals surface area contributed by atoms with Crippen molar-refractivity contribution in [2.24, 2.45) is 5.92 Å². The standard InChI is InChI=1S/C13H20N2O2S/c1-4-10(2)8-18-9-11-5-6-13(15(16)17)12(7-11)14-3/h5-7,10,14H,4,8-9H2,1-3H3. The number of nitrogens with zero attached hydrogens (tertiary/aromatic N) is 1. The zero-order chi connectivity index (χ0) is 13.5. The Hall–Kier alpha value is -1.23. The molecule has 0 aromatic heterocycles. The van der Waals surface area contributed by atoms with Gasteiger partial charge in [0, 0.05) is 18.9 Å². The van der Waals surface area contributed by atoms with Gasteiger partial charge in [-0.25, -0.2) is 0 Å². The van der Waals surface area contributed by atoms with Gasteiger partial charge in [-0.05, 0) is 23.3 Å². The van der Waals surface area contributed by atoms with Gasteiger partial charge in [-0.15, -0.1) is 0 Å². The van der Waals surface area contributed by atoms with Crippen LogP contribution in [-0.2, 0) is 5.75 Å². The van der Waals surface area contributed by atoms with E-state index in [-0.39, 0.29) is 10.6 Å². The number of hydrogen-bond acceptors (Lipinski definition) is 4. The van der Waals surface area contributed by atoms with Crippen molar-refractivity contribution in [2.75, 3.05) is 18.1 Å². The molecular formula is C13H20N2O2S. The summed E-state index contributed by atoms with van der Waals surface area (Å²) in [5.41, 5.74) is 1.84. The highest BCUT2D eigenvalue weighted by atomic mass is 32.2. The molecule has 0 aliphatic rings. The average molecular weight is 268 g/mol. The van der Waals surface area contributed by atoms with Crippen LogP contribution in [-0.4, -0.2) is 17.7 Å². The Morgan fingerprint density at radius 1 is 1.50 bits per heavy atom. The monoisotopic (exact) mass is 268 g/mol. The predicted octanol–water partition coefficient (Wildman–Crippen LogP) is 3.92. The average Bonchev–Trinajstić information content (AvgIpc) is 2.37. The van der Waals surface area contributed by atoms with E-state index in [4.69, 9.17) is 0 Å². The molecule has 0 saturated carbocycles. The SMILES string of the molecule is CCC(C)CSCc1ccc([N+](=O)[O-])c(NC)c1. The number of nitrogens with one attached hydrogen (secondary N) is 1. The van der Waals surface area contributed by atoms with Crippen LogP contribution < -0.4 is 5.32 Å². The minimum absolute atomic E-state index is 0.133. The highest BCUT2D eigenvalue weighted by molar-refractivity contribution is 7.98. The zero-order valence-corrected chi connectivity index (χ0v) is 11.9. The summed E-state index contributed by atoms with van der Waals surface area (Å²) in [6, 6.07) is 5.27. The topological polar surface area (TPSA) is 55.2 Å². The highest BCUT2D eigenvalue weighted by Gasteiger charge is 2.12. The van der Waals surface area contributed by atoms with Crippen LogP contribution >= 0.6 is 11.8 Å². The lowest BCUT2D eigenvalue weighted by Crippen LogP contribution is -1.99. The third kappa shape index (κ3) is 4.22. The van der Waals surface area contributed by atoms with Crippen LogP contribution in [0.15, 0.2) is 18.2 Å². The smallest absolute Gasteiger partial charge is 0.292 e. The summed E-state index contributed by atoms with van der Waals surface area (Å²) in [6.45, 7) is 4.43. The molecule has 5 heteroatoms. The molecule has 0 fully saturated rings. The van der Waals surface area contributed by atoms with Crippen molar-refractivity contribution < 1.29 is 4.92 Å². The van der Waals surface area contributed by atoms with Gasteiger partial charge >= 0.3 is 0 Å². The minimum atomic E-state index is -0.359. The van der Waals surface area contributed by atoms with E-state index >= 15 is 0 Å². The molecule has 0 aliphatic carbocycles. The molecular weight excluding hydrogens is 248 g/mol. The summed E-state index contributed by atoms with van der Waals surface area (Å²) in [5.74, 6) is 2.75. The van der Waals surface area contributed by atoms with Gasteiger partial charge < -0.3 is 5.32 Å². The molecule has 0 saturated heterocycles. The first-order valence-corrected chi connectivity index (χ1v) is 7.26. The Labute approximate surface area is 112 Å². The van der Waals surface area contributed by atoms with Gasteiger partial charge in [0.25, 0.3) is 5.69 Å². The van der Waals surface area contributed by atoms with Crippen LogP contribution in [0.4, 0.5) is 11.4 Å². The highest BCUT2D eigenvalue weighted by Crippen LogP contribution is 2.27. The van der Waals surface area contributed by atoms with Crippen molar-refractivity contribution in [1.29, 1.82) is 0 Å². The molecule has 0 bridgehead atoms. The van der Waals surface area contributed by atoms with E-state index in [1.54, 1.807) is 13.1 Å². The fourth-order valence-electron chi connectivity index (χ4n) is 1.53. The van der Waals surface area contributed by atoms with Gasteiger partial charge in [-0.1, -0.05) is 26.3 Å². The third-order valence-corrected chi connectivity index (χ3v) is 4.24. The quantitative estimate of drug-likeness (QED) is 0.601. The molecule has 1 aromatic carbocycles. The van der Waals surface area contributed by atoms with Crippen molar-refractivity contribution in [3.8, 4) is 0 Å². The molecule has 0 spiro atoms. The molecule has 0 amide bonds. The second kappa shape index (κ2) is 7.26. The van der Waals surface area contributed by atoms with Gasteiger partial charge in [-0.3, -0.25) is 10.1 Å². The van der Waals surface area contributed by atoms with Crippen LogP contribution in [0.5, 0.6) is 0 Å². The van der Waals surface area contributed by atoms with E-state index in [1.807, 2.05) is 23.9 Å². The number of rotatable bonds is 7. The lowest BCUT2D eigenvalue weighted by molar-refractivity contribution is -0.383. The predicted molar refractivity (Wildman–Crippen MR) is 78.3 cm³/mol. The van der Waals surface area contributed by atoms with Crippen molar-refractivity contribution >= 4 is 23.1 Å². The first kappa shape index (κ1) is 14.8. The second-order valence-corrected chi connectivity index (χ2v) is 5.42. The molecule has 4 nitrogen and oxygen atoms in total. The van der Waals surface area contributed by atoms with Crippen molar-refractivity contribution in [1.82, 2.24) is 0 Å². The minimum Gasteiger partial charge on any atom is -0.383 e. The fourth-order valence-corrected chi connectivity index (χ4v) is 2.70. The summed E-state index contributed by atoms with van der Waals surface area (Å²) in [7, 11) is 1.71. The van der Waals surface area contributed by atoms with Crippen LogP contribution in [0.3, 0.4) is 0 Å². The molecule has 100 valence electrons. The lowest BCUT2D eigenvalue weighted by atomic mass is 10.2. The third-order valence-electron chi connectivity index (χ3n) is 2.90. The second-order valence-electron chi connectivity index (χ2n) is 4.39. The molecule has 1 unspecified atom stereocenters. The summed E-state index contributed by atoms with van der Waals surface area (Å²) in [5, 5.41) is 13.7. The van der Waals surface area contributed by atoms with Crippen molar-refractivity contribution in [3.05, 3.63) is 33.9 Å².